The number of amides is 1. The third-order valence-electron chi connectivity index (χ3n) is 4.35. The molecule has 150 valence electrons. The second-order valence-corrected chi connectivity index (χ2v) is 8.97. The molecule has 1 amide bonds. The van der Waals surface area contributed by atoms with E-state index in [2.05, 4.69) is 10.4 Å². The Hall–Kier alpha value is -2.95. The van der Waals surface area contributed by atoms with Gasteiger partial charge < -0.3 is 10.1 Å². The van der Waals surface area contributed by atoms with Crippen molar-refractivity contribution in [1.29, 1.82) is 0 Å². The van der Waals surface area contributed by atoms with Crippen LogP contribution in [0.25, 0.3) is 0 Å². The van der Waals surface area contributed by atoms with Gasteiger partial charge in [-0.2, -0.15) is 5.10 Å². The number of carbonyl (C=O) groups excluding carboxylic acids is 1. The van der Waals surface area contributed by atoms with Crippen molar-refractivity contribution in [2.75, 3.05) is 23.4 Å². The summed E-state index contributed by atoms with van der Waals surface area (Å²) in [6.45, 7) is 3.06. The number of ether oxygens (including phenoxy) is 1. The number of nitrogens with one attached hydrogen (secondary N) is 1. The maximum atomic E-state index is 12.3. The van der Waals surface area contributed by atoms with Crippen LogP contribution >= 0.6 is 0 Å². The van der Waals surface area contributed by atoms with Crippen LogP contribution in [-0.4, -0.2) is 47.1 Å². The van der Waals surface area contributed by atoms with Crippen LogP contribution < -0.4 is 10.1 Å². The number of nitro benzene ring substituents is 1. The summed E-state index contributed by atoms with van der Waals surface area (Å²) in [6.07, 6.45) is 0.429. The van der Waals surface area contributed by atoms with Crippen molar-refractivity contribution in [2.24, 2.45) is 0 Å². The molecular formula is C17H20N4O6S. The van der Waals surface area contributed by atoms with E-state index in [-0.39, 0.29) is 29.0 Å². The zero-order valence-corrected chi connectivity index (χ0v) is 16.2. The van der Waals surface area contributed by atoms with E-state index < -0.39 is 27.3 Å². The zero-order chi connectivity index (χ0) is 20.5. The summed E-state index contributed by atoms with van der Waals surface area (Å²) in [5.74, 6) is -0.0935. The quantitative estimate of drug-likeness (QED) is 0.569. The minimum atomic E-state index is -3.10. The largest absolute Gasteiger partial charge is 0.477 e. The second kappa shape index (κ2) is 7.58. The number of anilines is 1. The Morgan fingerprint density at radius 3 is 2.79 bits per heavy atom. The van der Waals surface area contributed by atoms with Gasteiger partial charge in [-0.1, -0.05) is 6.07 Å². The van der Waals surface area contributed by atoms with Crippen LogP contribution in [0.4, 0.5) is 11.5 Å². The molecule has 1 aromatic carbocycles. The van der Waals surface area contributed by atoms with E-state index in [0.29, 0.717) is 17.9 Å². The average molecular weight is 408 g/mol. The van der Waals surface area contributed by atoms with Gasteiger partial charge in [0.05, 0.1) is 28.2 Å². The van der Waals surface area contributed by atoms with Crippen molar-refractivity contribution in [3.63, 3.8) is 0 Å². The molecule has 2 heterocycles. The molecule has 28 heavy (non-hydrogen) atoms. The van der Waals surface area contributed by atoms with Crippen molar-refractivity contribution in [3.05, 3.63) is 45.6 Å². The molecule has 1 atom stereocenters. The lowest BCUT2D eigenvalue weighted by atomic mass is 10.2. The third kappa shape index (κ3) is 4.47. The molecule has 0 saturated carbocycles. The molecule has 1 N–H and O–H groups in total. The number of benzene rings is 1. The van der Waals surface area contributed by atoms with Crippen LogP contribution in [0.15, 0.2) is 24.3 Å². The first kappa shape index (κ1) is 19.8. The minimum absolute atomic E-state index is 0.00623. The lowest BCUT2D eigenvalue weighted by Gasteiger charge is -2.14. The number of hydrogen-bond acceptors (Lipinski definition) is 7. The fraction of sp³-hybridized carbons (Fsp3) is 0.412. The monoisotopic (exact) mass is 408 g/mol. The number of nitro groups is 1. The molecule has 1 fully saturated rings. The molecule has 11 heteroatoms. The fourth-order valence-electron chi connectivity index (χ4n) is 3.07. The van der Waals surface area contributed by atoms with Gasteiger partial charge in [-0.05, 0) is 31.9 Å². The first-order valence-corrected chi connectivity index (χ1v) is 10.4. The number of hydrogen-bond donors (Lipinski definition) is 1. The Kier molecular flexibility index (Phi) is 5.36. The molecule has 1 aliphatic heterocycles. The van der Waals surface area contributed by atoms with Gasteiger partial charge in [0.15, 0.2) is 22.2 Å². The summed E-state index contributed by atoms with van der Waals surface area (Å²) in [7, 11) is -3.10. The van der Waals surface area contributed by atoms with Crippen LogP contribution in [0.3, 0.4) is 0 Å². The van der Waals surface area contributed by atoms with Crippen LogP contribution in [0.5, 0.6) is 5.75 Å². The Labute approximate surface area is 161 Å². The summed E-state index contributed by atoms with van der Waals surface area (Å²) < 4.78 is 30.3. The van der Waals surface area contributed by atoms with Gasteiger partial charge in [-0.3, -0.25) is 14.9 Å². The fourth-order valence-corrected chi connectivity index (χ4v) is 4.76. The number of aromatic nitrogens is 2. The predicted molar refractivity (Wildman–Crippen MR) is 101 cm³/mol. The highest BCUT2D eigenvalue weighted by molar-refractivity contribution is 7.91. The highest BCUT2D eigenvalue weighted by atomic mass is 32.2. The van der Waals surface area contributed by atoms with Crippen LogP contribution in [0, 0.1) is 24.0 Å². The Morgan fingerprint density at radius 2 is 2.14 bits per heavy atom. The van der Waals surface area contributed by atoms with Gasteiger partial charge in [-0.15, -0.1) is 0 Å². The predicted octanol–water partition coefficient (Wildman–Crippen LogP) is 1.79. The van der Waals surface area contributed by atoms with Crippen LogP contribution in [-0.2, 0) is 14.6 Å². The third-order valence-corrected chi connectivity index (χ3v) is 6.10. The molecule has 0 aliphatic carbocycles. The molecule has 1 saturated heterocycles. The molecule has 0 spiro atoms. The Bertz CT molecular complexity index is 1030. The standard InChI is InChI=1S/C17H20N4O6S/c1-11-3-4-14(21(23)24)15(7-11)27-9-17(22)18-16-8-12(2)19-20(16)13-5-6-28(25,26)10-13/h3-4,7-8,13H,5-6,9-10H2,1-2H3,(H,18,22). The summed E-state index contributed by atoms with van der Waals surface area (Å²) in [4.78, 5) is 22.8. The summed E-state index contributed by atoms with van der Waals surface area (Å²) in [5.41, 5.74) is 1.17. The Balaban J connectivity index is 1.70. The van der Waals surface area contributed by atoms with Crippen molar-refractivity contribution in [3.8, 4) is 5.75 Å². The molecule has 1 aliphatic rings. The van der Waals surface area contributed by atoms with Crippen molar-refractivity contribution < 1.29 is 22.9 Å². The maximum Gasteiger partial charge on any atom is 0.310 e. The smallest absolute Gasteiger partial charge is 0.310 e. The number of nitrogens with zero attached hydrogens (tertiary/aromatic N) is 3. The van der Waals surface area contributed by atoms with E-state index in [1.54, 1.807) is 26.0 Å². The molecule has 10 nitrogen and oxygen atoms in total. The lowest BCUT2D eigenvalue weighted by molar-refractivity contribution is -0.385. The van der Waals surface area contributed by atoms with Crippen LogP contribution in [0.2, 0.25) is 0 Å². The highest BCUT2D eigenvalue weighted by Gasteiger charge is 2.31. The summed E-state index contributed by atoms with van der Waals surface area (Å²) in [5, 5.41) is 18.0. The van der Waals surface area contributed by atoms with Gasteiger partial charge in [0, 0.05) is 12.1 Å². The van der Waals surface area contributed by atoms with Gasteiger partial charge in [0.1, 0.15) is 5.82 Å². The first-order valence-electron chi connectivity index (χ1n) is 8.59. The van der Waals surface area contributed by atoms with Crippen molar-refractivity contribution >= 4 is 27.2 Å². The van der Waals surface area contributed by atoms with E-state index >= 15 is 0 Å². The molecule has 0 bridgehead atoms. The lowest BCUT2D eigenvalue weighted by Crippen LogP contribution is -2.24. The molecule has 3 rings (SSSR count). The van der Waals surface area contributed by atoms with E-state index in [1.165, 1.54) is 16.8 Å². The highest BCUT2D eigenvalue weighted by Crippen LogP contribution is 2.29. The summed E-state index contributed by atoms with van der Waals surface area (Å²) in [6, 6.07) is 5.69. The van der Waals surface area contributed by atoms with Gasteiger partial charge >= 0.3 is 5.69 Å². The molecule has 1 aromatic heterocycles. The number of carbonyl (C=O) groups is 1. The van der Waals surface area contributed by atoms with E-state index in [0.717, 1.165) is 5.56 Å². The SMILES string of the molecule is Cc1ccc([N+](=O)[O-])c(OCC(=O)Nc2cc(C)nn2C2CCS(=O)(=O)C2)c1. The van der Waals surface area contributed by atoms with Crippen molar-refractivity contribution in [1.82, 2.24) is 9.78 Å². The number of rotatable bonds is 6. The molecule has 1 unspecified atom stereocenters. The molecule has 2 aromatic rings. The Morgan fingerprint density at radius 1 is 1.39 bits per heavy atom. The first-order chi connectivity index (χ1) is 13.1. The maximum absolute atomic E-state index is 12.3. The van der Waals surface area contributed by atoms with Gasteiger partial charge in [-0.25, -0.2) is 13.1 Å². The molecule has 0 radical (unpaired) electrons. The van der Waals surface area contributed by atoms with Crippen LogP contribution in [0.1, 0.15) is 23.7 Å². The van der Waals surface area contributed by atoms with E-state index in [9.17, 15) is 23.3 Å². The number of sulfone groups is 1. The normalized spacial score (nSPS) is 18.0. The van der Waals surface area contributed by atoms with Crippen molar-refractivity contribution in [2.45, 2.75) is 26.3 Å². The van der Waals surface area contributed by atoms with Gasteiger partial charge in [0.2, 0.25) is 0 Å². The zero-order valence-electron chi connectivity index (χ0n) is 15.4. The molecular weight excluding hydrogens is 388 g/mol. The average Bonchev–Trinajstić information content (AvgIpc) is 3.14. The topological polar surface area (TPSA) is 133 Å². The van der Waals surface area contributed by atoms with E-state index in [1.807, 2.05) is 0 Å². The van der Waals surface area contributed by atoms with Gasteiger partial charge in [0.25, 0.3) is 5.91 Å². The van der Waals surface area contributed by atoms with E-state index in [4.69, 9.17) is 4.74 Å². The second-order valence-electron chi connectivity index (χ2n) is 6.74. The summed E-state index contributed by atoms with van der Waals surface area (Å²) >= 11 is 0. The minimum Gasteiger partial charge on any atom is -0.477 e. The number of aryl methyl sites for hydroxylation is 2.